The highest BCUT2D eigenvalue weighted by Gasteiger charge is 2.36. The fraction of sp³-hybridized carbons (Fsp3) is 0.467. The van der Waals surface area contributed by atoms with E-state index in [1.807, 2.05) is 31.2 Å². The van der Waals surface area contributed by atoms with Crippen LogP contribution in [-0.2, 0) is 9.59 Å². The lowest BCUT2D eigenvalue weighted by Crippen LogP contribution is -2.55. The molecule has 2 rings (SSSR count). The third-order valence-corrected chi connectivity index (χ3v) is 4.72. The van der Waals surface area contributed by atoms with Gasteiger partial charge in [0.1, 0.15) is 5.25 Å². The van der Waals surface area contributed by atoms with Crippen LogP contribution in [0.1, 0.15) is 20.8 Å². The molecule has 120 valence electrons. The molecule has 3 atom stereocenters. The Morgan fingerprint density at radius 3 is 2.41 bits per heavy atom. The second-order valence-corrected chi connectivity index (χ2v) is 6.37. The number of amides is 2. The summed E-state index contributed by atoms with van der Waals surface area (Å²) in [7, 11) is 0. The molecule has 0 aromatic heterocycles. The highest BCUT2D eigenvalue weighted by atomic mass is 32.2. The van der Waals surface area contributed by atoms with E-state index in [0.29, 0.717) is 6.54 Å². The number of benzene rings is 1. The van der Waals surface area contributed by atoms with Crippen molar-refractivity contribution in [2.45, 2.75) is 38.1 Å². The molecule has 1 aliphatic rings. The molecule has 2 amide bonds. The van der Waals surface area contributed by atoms with Crippen LogP contribution in [0.2, 0.25) is 0 Å². The van der Waals surface area contributed by atoms with Crippen molar-refractivity contribution in [3.63, 3.8) is 0 Å². The summed E-state index contributed by atoms with van der Waals surface area (Å²) < 4.78 is 0. The van der Waals surface area contributed by atoms with E-state index in [2.05, 4.69) is 0 Å². The Kier molecular flexibility index (Phi) is 5.10. The van der Waals surface area contributed by atoms with Gasteiger partial charge < -0.3 is 15.5 Å². The number of fused-ring (bicyclic) bond motifs is 1. The second-order valence-electron chi connectivity index (χ2n) is 5.59. The average Bonchev–Trinajstić information content (AvgIpc) is 2.46. The van der Waals surface area contributed by atoms with Gasteiger partial charge in [0.05, 0.1) is 17.4 Å². The Bertz CT molecular complexity index is 578. The standard InChI is InChI=1S/C15H22N4O2S/c1-9-8-18(15(21)14(22-17)10(2)16)12-6-4-5-7-13(12)19(9)11(3)20/h4-7,9-10,14H,8,16-17H2,1-3H3/t9-,10?,14?/m0/s1. The Morgan fingerprint density at radius 2 is 1.91 bits per heavy atom. The SMILES string of the molecule is CC(=O)N1c2ccccc2N(C(=O)C(SN)C(C)N)C[C@@H]1C. The van der Waals surface area contributed by atoms with E-state index in [1.54, 1.807) is 16.7 Å². The molecular formula is C15H22N4O2S. The summed E-state index contributed by atoms with van der Waals surface area (Å²) >= 11 is 0.966. The molecule has 1 aromatic rings. The van der Waals surface area contributed by atoms with Crippen molar-refractivity contribution in [2.24, 2.45) is 10.9 Å². The van der Waals surface area contributed by atoms with Gasteiger partial charge in [0, 0.05) is 19.5 Å². The molecular weight excluding hydrogens is 300 g/mol. The maximum atomic E-state index is 12.8. The maximum absolute atomic E-state index is 12.8. The van der Waals surface area contributed by atoms with Crippen molar-refractivity contribution in [1.82, 2.24) is 0 Å². The highest BCUT2D eigenvalue weighted by molar-refractivity contribution is 7.98. The van der Waals surface area contributed by atoms with E-state index in [1.165, 1.54) is 6.92 Å². The number of nitrogens with zero attached hydrogens (tertiary/aromatic N) is 2. The normalized spacial score (nSPS) is 20.3. The minimum absolute atomic E-state index is 0.0380. The van der Waals surface area contributed by atoms with E-state index in [0.717, 1.165) is 23.3 Å². The molecule has 1 heterocycles. The molecule has 0 saturated heterocycles. The first-order valence-electron chi connectivity index (χ1n) is 7.19. The molecule has 0 spiro atoms. The summed E-state index contributed by atoms with van der Waals surface area (Å²) in [6.07, 6.45) is 0. The largest absolute Gasteiger partial charge is 0.326 e. The summed E-state index contributed by atoms with van der Waals surface area (Å²) in [6, 6.07) is 6.95. The van der Waals surface area contributed by atoms with Crippen molar-refractivity contribution in [1.29, 1.82) is 0 Å². The van der Waals surface area contributed by atoms with E-state index in [-0.39, 0.29) is 23.9 Å². The zero-order chi connectivity index (χ0) is 16.4. The van der Waals surface area contributed by atoms with Crippen LogP contribution >= 0.6 is 11.9 Å². The molecule has 2 unspecified atom stereocenters. The predicted molar refractivity (Wildman–Crippen MR) is 90.6 cm³/mol. The zero-order valence-corrected chi connectivity index (χ0v) is 13.8. The van der Waals surface area contributed by atoms with Gasteiger partial charge in [0.15, 0.2) is 0 Å². The summed E-state index contributed by atoms with van der Waals surface area (Å²) in [5, 5.41) is 5.13. The zero-order valence-electron chi connectivity index (χ0n) is 13.0. The van der Waals surface area contributed by atoms with Crippen molar-refractivity contribution >= 4 is 35.1 Å². The van der Waals surface area contributed by atoms with Gasteiger partial charge in [-0.1, -0.05) is 24.1 Å². The van der Waals surface area contributed by atoms with E-state index in [4.69, 9.17) is 10.9 Å². The Hall–Kier alpha value is -1.57. The first-order chi connectivity index (χ1) is 10.4. The van der Waals surface area contributed by atoms with Crippen LogP contribution in [0.4, 0.5) is 11.4 Å². The monoisotopic (exact) mass is 322 g/mol. The lowest BCUT2D eigenvalue weighted by atomic mass is 10.1. The molecule has 4 N–H and O–H groups in total. The first-order valence-corrected chi connectivity index (χ1v) is 8.14. The maximum Gasteiger partial charge on any atom is 0.243 e. The number of anilines is 2. The number of carbonyl (C=O) groups is 2. The van der Waals surface area contributed by atoms with Gasteiger partial charge in [-0.25, -0.2) is 0 Å². The number of nitrogens with two attached hydrogens (primary N) is 2. The van der Waals surface area contributed by atoms with Crippen LogP contribution < -0.4 is 20.7 Å². The van der Waals surface area contributed by atoms with Crippen LogP contribution in [0.3, 0.4) is 0 Å². The molecule has 1 aromatic carbocycles. The lowest BCUT2D eigenvalue weighted by molar-refractivity contribution is -0.119. The summed E-state index contributed by atoms with van der Waals surface area (Å²) in [4.78, 5) is 28.1. The topological polar surface area (TPSA) is 92.7 Å². The van der Waals surface area contributed by atoms with E-state index in [9.17, 15) is 9.59 Å². The number of hydrogen-bond donors (Lipinski definition) is 2. The van der Waals surface area contributed by atoms with Crippen LogP contribution in [0, 0.1) is 0 Å². The first kappa shape index (κ1) is 16.8. The quantitative estimate of drug-likeness (QED) is 0.813. The van der Waals surface area contributed by atoms with Crippen molar-refractivity contribution < 1.29 is 9.59 Å². The third-order valence-electron chi connectivity index (χ3n) is 3.79. The van der Waals surface area contributed by atoms with Gasteiger partial charge in [-0.15, -0.1) is 0 Å². The second kappa shape index (κ2) is 6.68. The number of carbonyl (C=O) groups excluding carboxylic acids is 2. The fourth-order valence-electron chi connectivity index (χ4n) is 2.83. The average molecular weight is 322 g/mol. The van der Waals surface area contributed by atoms with Crippen LogP contribution in [0.25, 0.3) is 0 Å². The minimum atomic E-state index is -0.510. The summed E-state index contributed by atoms with van der Waals surface area (Å²) in [5.41, 5.74) is 7.34. The number of hydrogen-bond acceptors (Lipinski definition) is 5. The van der Waals surface area contributed by atoms with Crippen molar-refractivity contribution in [2.75, 3.05) is 16.3 Å². The molecule has 22 heavy (non-hydrogen) atoms. The van der Waals surface area contributed by atoms with Crippen LogP contribution in [0.5, 0.6) is 0 Å². The Morgan fingerprint density at radius 1 is 1.32 bits per heavy atom. The van der Waals surface area contributed by atoms with Gasteiger partial charge in [-0.05, 0) is 26.0 Å². The molecule has 0 saturated carbocycles. The predicted octanol–water partition coefficient (Wildman–Crippen LogP) is 1.10. The van der Waals surface area contributed by atoms with Crippen molar-refractivity contribution in [3.05, 3.63) is 24.3 Å². The molecule has 0 bridgehead atoms. The van der Waals surface area contributed by atoms with Gasteiger partial charge in [-0.3, -0.25) is 14.7 Å². The Labute approximate surface area is 134 Å². The van der Waals surface area contributed by atoms with Crippen molar-refractivity contribution in [3.8, 4) is 0 Å². The van der Waals surface area contributed by atoms with Crippen LogP contribution in [0.15, 0.2) is 24.3 Å². The van der Waals surface area contributed by atoms with Crippen LogP contribution in [-0.4, -0.2) is 35.7 Å². The molecule has 0 radical (unpaired) electrons. The molecule has 1 aliphatic heterocycles. The van der Waals surface area contributed by atoms with Gasteiger partial charge >= 0.3 is 0 Å². The molecule has 0 fully saturated rings. The van der Waals surface area contributed by atoms with Gasteiger partial charge in [0.25, 0.3) is 0 Å². The highest BCUT2D eigenvalue weighted by Crippen LogP contribution is 2.36. The summed E-state index contributed by atoms with van der Waals surface area (Å²) in [5.74, 6) is -0.158. The number of para-hydroxylation sites is 2. The van der Waals surface area contributed by atoms with E-state index >= 15 is 0 Å². The van der Waals surface area contributed by atoms with E-state index < -0.39 is 5.25 Å². The number of rotatable bonds is 3. The van der Waals surface area contributed by atoms with Gasteiger partial charge in [0.2, 0.25) is 11.8 Å². The minimum Gasteiger partial charge on any atom is -0.326 e. The molecule has 7 heteroatoms. The molecule has 0 aliphatic carbocycles. The Balaban J connectivity index is 2.44. The van der Waals surface area contributed by atoms with Gasteiger partial charge in [-0.2, -0.15) is 0 Å². The smallest absolute Gasteiger partial charge is 0.243 e. The lowest BCUT2D eigenvalue weighted by Gasteiger charge is -2.41. The molecule has 6 nitrogen and oxygen atoms in total. The third kappa shape index (κ3) is 2.97. The fourth-order valence-corrected chi connectivity index (χ4v) is 3.32. The summed E-state index contributed by atoms with van der Waals surface area (Å²) in [6.45, 7) is 5.65.